The van der Waals surface area contributed by atoms with Gasteiger partial charge in [0.1, 0.15) is 0 Å². The summed E-state index contributed by atoms with van der Waals surface area (Å²) in [5.41, 5.74) is 0.918. The van der Waals surface area contributed by atoms with Crippen molar-refractivity contribution in [3.63, 3.8) is 0 Å². The lowest BCUT2D eigenvalue weighted by molar-refractivity contribution is 0.126. The molecule has 1 N–H and O–H groups in total. The molecule has 0 aliphatic heterocycles. The van der Waals surface area contributed by atoms with Crippen molar-refractivity contribution >= 4 is 10.0 Å². The monoisotopic (exact) mass is 317 g/mol. The van der Waals surface area contributed by atoms with E-state index in [2.05, 4.69) is 11.8 Å². The van der Waals surface area contributed by atoms with E-state index in [0.29, 0.717) is 15.4 Å². The van der Waals surface area contributed by atoms with Crippen LogP contribution in [0.3, 0.4) is 0 Å². The predicted molar refractivity (Wildman–Crippen MR) is 75.6 cm³/mol. The molecule has 0 radical (unpaired) electrons. The fourth-order valence-electron chi connectivity index (χ4n) is 1.64. The number of benzene rings is 1. The van der Waals surface area contributed by atoms with E-state index in [4.69, 9.17) is 5.11 Å². The van der Waals surface area contributed by atoms with Gasteiger partial charge in [-0.25, -0.2) is 17.2 Å². The summed E-state index contributed by atoms with van der Waals surface area (Å²) in [5, 5.41) is 8.65. The molecule has 0 atom stereocenters. The van der Waals surface area contributed by atoms with Crippen molar-refractivity contribution in [1.82, 2.24) is 4.31 Å². The molecule has 116 valence electrons. The summed E-state index contributed by atoms with van der Waals surface area (Å²) in [6, 6.07) is 4.58. The molecule has 21 heavy (non-hydrogen) atoms. The maximum Gasteiger partial charge on any atom is 0.252 e. The second-order valence-corrected chi connectivity index (χ2v) is 6.45. The van der Waals surface area contributed by atoms with Gasteiger partial charge in [0.05, 0.1) is 18.0 Å². The Labute approximate surface area is 123 Å². The summed E-state index contributed by atoms with van der Waals surface area (Å²) >= 11 is 0. The van der Waals surface area contributed by atoms with Crippen LogP contribution in [0, 0.1) is 18.8 Å². The summed E-state index contributed by atoms with van der Waals surface area (Å²) in [4.78, 5) is -0.0403. The second kappa shape index (κ2) is 7.50. The van der Waals surface area contributed by atoms with Gasteiger partial charge < -0.3 is 5.11 Å². The van der Waals surface area contributed by atoms with Crippen LogP contribution in [0.15, 0.2) is 23.1 Å². The average Bonchev–Trinajstić information content (AvgIpc) is 2.40. The number of aryl methyl sites for hydroxylation is 1. The molecule has 0 aliphatic carbocycles. The number of hydrogen-bond acceptors (Lipinski definition) is 3. The topological polar surface area (TPSA) is 57.6 Å². The smallest absolute Gasteiger partial charge is 0.252 e. The maximum atomic E-state index is 12.4. The number of nitrogens with zero attached hydrogens (tertiary/aromatic N) is 1. The predicted octanol–water partition coefficient (Wildman–Crippen LogP) is 1.61. The third-order valence-electron chi connectivity index (χ3n) is 2.74. The van der Waals surface area contributed by atoms with Gasteiger partial charge in [-0.2, -0.15) is 4.31 Å². The molecule has 1 aromatic rings. The van der Waals surface area contributed by atoms with E-state index in [1.54, 1.807) is 19.1 Å². The summed E-state index contributed by atoms with van der Waals surface area (Å²) in [6.45, 7) is 0.650. The summed E-state index contributed by atoms with van der Waals surface area (Å²) in [6.07, 6.45) is -2.46. The van der Waals surface area contributed by atoms with E-state index >= 15 is 0 Å². The molecule has 7 heteroatoms. The molecular weight excluding hydrogens is 300 g/mol. The van der Waals surface area contributed by atoms with Gasteiger partial charge >= 0.3 is 0 Å². The minimum absolute atomic E-state index is 0.0403. The van der Waals surface area contributed by atoms with Crippen molar-refractivity contribution in [2.45, 2.75) is 24.7 Å². The van der Waals surface area contributed by atoms with Crippen LogP contribution in [-0.4, -0.2) is 44.5 Å². The maximum absolute atomic E-state index is 12.4. The molecule has 1 rings (SSSR count). The van der Waals surface area contributed by atoms with Crippen LogP contribution in [0.4, 0.5) is 8.78 Å². The van der Waals surface area contributed by atoms with Gasteiger partial charge in [0, 0.05) is 19.0 Å². The molecule has 0 fully saturated rings. The minimum atomic E-state index is -3.98. The lowest BCUT2D eigenvalue weighted by atomic mass is 10.1. The standard InChI is InChI=1S/C14H17F2NO3S/c1-11-6-7-12(5-3-4-8-18)9-13(11)21(19,20)17(2)10-14(15)16/h6-7,9,14,18H,4,8,10H2,1-2H3. The first-order valence-electron chi connectivity index (χ1n) is 6.24. The molecule has 0 saturated heterocycles. The minimum Gasteiger partial charge on any atom is -0.395 e. The molecule has 0 heterocycles. The van der Waals surface area contributed by atoms with Crippen LogP contribution >= 0.6 is 0 Å². The molecule has 0 aliphatic rings. The van der Waals surface area contributed by atoms with E-state index in [-0.39, 0.29) is 17.9 Å². The molecule has 0 amide bonds. The van der Waals surface area contributed by atoms with Gasteiger partial charge in [0.25, 0.3) is 6.43 Å². The van der Waals surface area contributed by atoms with Crippen LogP contribution in [0.5, 0.6) is 0 Å². The quantitative estimate of drug-likeness (QED) is 0.840. The highest BCUT2D eigenvalue weighted by molar-refractivity contribution is 7.89. The Morgan fingerprint density at radius 1 is 1.38 bits per heavy atom. The van der Waals surface area contributed by atoms with E-state index in [1.165, 1.54) is 6.07 Å². The van der Waals surface area contributed by atoms with Gasteiger partial charge in [-0.05, 0) is 24.6 Å². The molecule has 4 nitrogen and oxygen atoms in total. The number of alkyl halides is 2. The number of sulfonamides is 1. The zero-order chi connectivity index (χ0) is 16.0. The summed E-state index contributed by atoms with van der Waals surface area (Å²) in [5.74, 6) is 5.41. The van der Waals surface area contributed by atoms with Crippen LogP contribution in [-0.2, 0) is 10.0 Å². The first kappa shape index (κ1) is 17.6. The molecule has 0 aromatic heterocycles. The van der Waals surface area contributed by atoms with E-state index < -0.39 is 23.0 Å². The van der Waals surface area contributed by atoms with E-state index in [0.717, 1.165) is 7.05 Å². The van der Waals surface area contributed by atoms with Crippen molar-refractivity contribution in [3.8, 4) is 11.8 Å². The molecule has 1 aromatic carbocycles. The van der Waals surface area contributed by atoms with Gasteiger partial charge in [0.15, 0.2) is 0 Å². The Morgan fingerprint density at radius 2 is 2.05 bits per heavy atom. The van der Waals surface area contributed by atoms with Crippen LogP contribution in [0.25, 0.3) is 0 Å². The summed E-state index contributed by atoms with van der Waals surface area (Å²) in [7, 11) is -2.87. The van der Waals surface area contributed by atoms with Crippen molar-refractivity contribution in [2.24, 2.45) is 0 Å². The van der Waals surface area contributed by atoms with E-state index in [1.807, 2.05) is 0 Å². The van der Waals surface area contributed by atoms with E-state index in [9.17, 15) is 17.2 Å². The Bertz CT molecular complexity index is 648. The third kappa shape index (κ3) is 4.77. The highest BCUT2D eigenvalue weighted by Crippen LogP contribution is 2.21. The van der Waals surface area contributed by atoms with Gasteiger partial charge in [0.2, 0.25) is 10.0 Å². The first-order valence-corrected chi connectivity index (χ1v) is 7.68. The number of halogens is 2. The third-order valence-corrected chi connectivity index (χ3v) is 4.71. The van der Waals surface area contributed by atoms with Crippen molar-refractivity contribution in [2.75, 3.05) is 20.2 Å². The fourth-order valence-corrected chi connectivity index (χ4v) is 3.03. The number of aliphatic hydroxyl groups is 1. The van der Waals surface area contributed by atoms with Crippen LogP contribution in [0.1, 0.15) is 17.5 Å². The molecule has 0 unspecified atom stereocenters. The first-order chi connectivity index (χ1) is 9.78. The largest absolute Gasteiger partial charge is 0.395 e. The molecule has 0 bridgehead atoms. The normalized spacial score (nSPS) is 11.6. The Kier molecular flexibility index (Phi) is 6.27. The van der Waals surface area contributed by atoms with Crippen molar-refractivity contribution in [3.05, 3.63) is 29.3 Å². The Morgan fingerprint density at radius 3 is 2.62 bits per heavy atom. The number of rotatable bonds is 5. The van der Waals surface area contributed by atoms with Crippen LogP contribution in [0.2, 0.25) is 0 Å². The fraction of sp³-hybridized carbons (Fsp3) is 0.429. The van der Waals surface area contributed by atoms with Crippen molar-refractivity contribution < 1.29 is 22.3 Å². The number of hydrogen-bond donors (Lipinski definition) is 1. The zero-order valence-corrected chi connectivity index (χ0v) is 12.6. The van der Waals surface area contributed by atoms with Crippen molar-refractivity contribution in [1.29, 1.82) is 0 Å². The molecule has 0 saturated carbocycles. The SMILES string of the molecule is Cc1ccc(C#CCCO)cc1S(=O)(=O)N(C)CC(F)F. The molecular formula is C14H17F2NO3S. The second-order valence-electron chi connectivity index (χ2n) is 4.43. The summed E-state index contributed by atoms with van der Waals surface area (Å²) < 4.78 is 49.9. The number of aliphatic hydroxyl groups excluding tert-OH is 1. The van der Waals surface area contributed by atoms with Gasteiger partial charge in [-0.3, -0.25) is 0 Å². The molecule has 0 spiro atoms. The zero-order valence-electron chi connectivity index (χ0n) is 11.8. The van der Waals surface area contributed by atoms with Crippen LogP contribution < -0.4 is 0 Å². The van der Waals surface area contributed by atoms with Gasteiger partial charge in [-0.1, -0.05) is 17.9 Å². The highest BCUT2D eigenvalue weighted by atomic mass is 32.2. The highest BCUT2D eigenvalue weighted by Gasteiger charge is 2.25. The Hall–Kier alpha value is -1.49. The average molecular weight is 317 g/mol. The lowest BCUT2D eigenvalue weighted by Crippen LogP contribution is -2.31. The lowest BCUT2D eigenvalue weighted by Gasteiger charge is -2.18. The van der Waals surface area contributed by atoms with Gasteiger partial charge in [-0.15, -0.1) is 0 Å². The Balaban J connectivity index is 3.17.